The van der Waals surface area contributed by atoms with Crippen LogP contribution in [0, 0.1) is 0 Å². The van der Waals surface area contributed by atoms with E-state index < -0.39 is 0 Å². The van der Waals surface area contributed by atoms with E-state index in [1.165, 1.54) is 10.9 Å². The van der Waals surface area contributed by atoms with Crippen molar-refractivity contribution >= 4 is 39.4 Å². The van der Waals surface area contributed by atoms with Gasteiger partial charge in [0.1, 0.15) is 5.52 Å². The normalized spacial score (nSPS) is 11.7. The maximum absolute atomic E-state index is 6.11. The summed E-state index contributed by atoms with van der Waals surface area (Å²) in [6.07, 6.45) is 2.93. The summed E-state index contributed by atoms with van der Waals surface area (Å²) in [6, 6.07) is 8.29. The molecule has 0 atom stereocenters. The molecule has 0 bridgehead atoms. The van der Waals surface area contributed by atoms with Gasteiger partial charge in [-0.15, -0.1) is 0 Å². The van der Waals surface area contributed by atoms with Crippen LogP contribution in [-0.2, 0) is 6.42 Å². The highest BCUT2D eigenvalue weighted by Crippen LogP contribution is 2.26. The van der Waals surface area contributed by atoms with Gasteiger partial charge in [0.05, 0.1) is 5.69 Å². The molecule has 1 aromatic carbocycles. The minimum absolute atomic E-state index is 0.227. The van der Waals surface area contributed by atoms with Gasteiger partial charge in [-0.25, -0.2) is 4.98 Å². The molecule has 0 unspecified atom stereocenters. The highest BCUT2D eigenvalue weighted by Gasteiger charge is 2.16. The number of aromatic nitrogens is 5. The third-order valence-corrected chi connectivity index (χ3v) is 4.51. The Morgan fingerprint density at radius 3 is 2.84 bits per heavy atom. The van der Waals surface area contributed by atoms with Crippen LogP contribution in [0.1, 0.15) is 31.0 Å². The van der Waals surface area contributed by atoms with E-state index in [4.69, 9.17) is 11.6 Å². The molecule has 25 heavy (non-hydrogen) atoms. The average Bonchev–Trinajstić information content (AvgIpc) is 3.19. The molecule has 0 aliphatic rings. The standard InChI is InChI=1S/C18H19ClN6/c1-10(2)14-15-16(25-24-14)17(23-18(19)22-15)20-8-7-11-9-21-13-6-4-3-5-12(11)13/h3-6,9-10,21H,7-8H2,1-2H3,(H,24,25)(H,20,22,23). The van der Waals surface area contributed by atoms with E-state index in [2.05, 4.69) is 68.7 Å². The maximum atomic E-state index is 6.11. The van der Waals surface area contributed by atoms with Gasteiger partial charge in [-0.3, -0.25) is 5.10 Å². The molecule has 4 rings (SSSR count). The summed E-state index contributed by atoms with van der Waals surface area (Å²) < 4.78 is 0. The van der Waals surface area contributed by atoms with Crippen LogP contribution in [0.4, 0.5) is 5.82 Å². The first kappa shape index (κ1) is 15.9. The average molecular weight is 355 g/mol. The summed E-state index contributed by atoms with van der Waals surface area (Å²) in [4.78, 5) is 11.9. The van der Waals surface area contributed by atoms with Crippen molar-refractivity contribution in [2.75, 3.05) is 11.9 Å². The molecule has 128 valence electrons. The van der Waals surface area contributed by atoms with Gasteiger partial charge in [0, 0.05) is 23.6 Å². The van der Waals surface area contributed by atoms with E-state index in [0.29, 0.717) is 5.82 Å². The number of H-pyrrole nitrogens is 2. The van der Waals surface area contributed by atoms with Crippen molar-refractivity contribution in [3.63, 3.8) is 0 Å². The fourth-order valence-corrected chi connectivity index (χ4v) is 3.24. The molecule has 0 aliphatic carbocycles. The number of halogens is 1. The van der Waals surface area contributed by atoms with Crippen molar-refractivity contribution in [3.8, 4) is 0 Å². The van der Waals surface area contributed by atoms with Crippen molar-refractivity contribution < 1.29 is 0 Å². The Morgan fingerprint density at radius 2 is 2.00 bits per heavy atom. The third-order valence-electron chi connectivity index (χ3n) is 4.34. The van der Waals surface area contributed by atoms with E-state index in [1.807, 2.05) is 6.07 Å². The Kier molecular flexibility index (Phi) is 4.05. The molecule has 0 saturated carbocycles. The molecule has 0 fully saturated rings. The fourth-order valence-electron chi connectivity index (χ4n) is 3.07. The lowest BCUT2D eigenvalue weighted by Gasteiger charge is -2.07. The first-order valence-electron chi connectivity index (χ1n) is 8.34. The molecule has 3 aromatic heterocycles. The van der Waals surface area contributed by atoms with Gasteiger partial charge in [0.15, 0.2) is 11.3 Å². The summed E-state index contributed by atoms with van der Waals surface area (Å²) >= 11 is 6.11. The number of aromatic amines is 2. The molecule has 0 radical (unpaired) electrons. The lowest BCUT2D eigenvalue weighted by molar-refractivity contribution is 0.815. The Labute approximate surface area is 150 Å². The number of anilines is 1. The number of nitrogens with zero attached hydrogens (tertiary/aromatic N) is 3. The van der Waals surface area contributed by atoms with Crippen LogP contribution < -0.4 is 5.32 Å². The van der Waals surface area contributed by atoms with E-state index >= 15 is 0 Å². The molecule has 7 heteroatoms. The zero-order chi connectivity index (χ0) is 17.4. The Bertz CT molecular complexity index is 1030. The highest BCUT2D eigenvalue weighted by molar-refractivity contribution is 6.28. The van der Waals surface area contributed by atoms with Crippen molar-refractivity contribution in [1.29, 1.82) is 0 Å². The molecule has 0 aliphatic heterocycles. The van der Waals surface area contributed by atoms with Gasteiger partial charge in [-0.1, -0.05) is 32.0 Å². The predicted octanol–water partition coefficient (Wildman–Crippen LogP) is 4.27. The molecular formula is C18H19ClN6. The Balaban J connectivity index is 1.57. The highest BCUT2D eigenvalue weighted by atomic mass is 35.5. The lowest BCUT2D eigenvalue weighted by atomic mass is 10.1. The van der Waals surface area contributed by atoms with Crippen molar-refractivity contribution in [3.05, 3.63) is 47.0 Å². The van der Waals surface area contributed by atoms with Crippen LogP contribution in [0.25, 0.3) is 21.9 Å². The molecule has 0 saturated heterocycles. The zero-order valence-corrected chi connectivity index (χ0v) is 14.9. The fraction of sp³-hybridized carbons (Fsp3) is 0.278. The third kappa shape index (κ3) is 2.93. The second kappa shape index (κ2) is 6.37. The number of benzene rings is 1. The van der Waals surface area contributed by atoms with E-state index in [9.17, 15) is 0 Å². The summed E-state index contributed by atoms with van der Waals surface area (Å²) in [6.45, 7) is 4.91. The minimum atomic E-state index is 0.227. The molecule has 6 nitrogen and oxygen atoms in total. The molecule has 3 heterocycles. The number of fused-ring (bicyclic) bond motifs is 2. The van der Waals surface area contributed by atoms with E-state index in [-0.39, 0.29) is 11.2 Å². The van der Waals surface area contributed by atoms with Gasteiger partial charge in [0.25, 0.3) is 0 Å². The van der Waals surface area contributed by atoms with Crippen LogP contribution in [0.2, 0.25) is 5.28 Å². The second-order valence-corrected chi connectivity index (χ2v) is 6.70. The van der Waals surface area contributed by atoms with Crippen molar-refractivity contribution in [1.82, 2.24) is 25.1 Å². The number of para-hydroxylation sites is 1. The molecule has 0 amide bonds. The molecular weight excluding hydrogens is 336 g/mol. The second-order valence-electron chi connectivity index (χ2n) is 6.37. The van der Waals surface area contributed by atoms with E-state index in [0.717, 1.165) is 35.2 Å². The zero-order valence-electron chi connectivity index (χ0n) is 14.1. The Morgan fingerprint density at radius 1 is 1.16 bits per heavy atom. The molecule has 4 aromatic rings. The van der Waals surface area contributed by atoms with Gasteiger partial charge in [0.2, 0.25) is 5.28 Å². The first-order chi connectivity index (χ1) is 12.1. The van der Waals surface area contributed by atoms with Crippen molar-refractivity contribution in [2.45, 2.75) is 26.2 Å². The van der Waals surface area contributed by atoms with E-state index in [1.54, 1.807) is 0 Å². The van der Waals surface area contributed by atoms with Crippen LogP contribution in [0.3, 0.4) is 0 Å². The van der Waals surface area contributed by atoms with Crippen LogP contribution in [0.5, 0.6) is 0 Å². The summed E-state index contributed by atoms with van der Waals surface area (Å²) in [5, 5.41) is 12.2. The number of rotatable bonds is 5. The Hall–Kier alpha value is -2.60. The van der Waals surface area contributed by atoms with Crippen LogP contribution >= 0.6 is 11.6 Å². The number of hydrogen-bond donors (Lipinski definition) is 3. The van der Waals surface area contributed by atoms with Crippen molar-refractivity contribution in [2.24, 2.45) is 0 Å². The monoisotopic (exact) mass is 354 g/mol. The number of nitrogens with one attached hydrogen (secondary N) is 3. The topological polar surface area (TPSA) is 82.3 Å². The smallest absolute Gasteiger partial charge is 0.225 e. The maximum Gasteiger partial charge on any atom is 0.225 e. The first-order valence-corrected chi connectivity index (χ1v) is 8.71. The van der Waals surface area contributed by atoms with Crippen LogP contribution in [0.15, 0.2) is 30.5 Å². The van der Waals surface area contributed by atoms with Gasteiger partial charge in [-0.05, 0) is 35.6 Å². The van der Waals surface area contributed by atoms with Gasteiger partial charge in [-0.2, -0.15) is 10.1 Å². The lowest BCUT2D eigenvalue weighted by Crippen LogP contribution is -2.07. The molecule has 3 N–H and O–H groups in total. The summed E-state index contributed by atoms with van der Waals surface area (Å²) in [5.41, 5.74) is 4.90. The quantitative estimate of drug-likeness (QED) is 0.467. The van der Waals surface area contributed by atoms with Gasteiger partial charge < -0.3 is 10.3 Å². The summed E-state index contributed by atoms with van der Waals surface area (Å²) in [7, 11) is 0. The predicted molar refractivity (Wildman–Crippen MR) is 101 cm³/mol. The SMILES string of the molecule is CC(C)c1[nH]nc2c(NCCc3c[nH]c4ccccc34)nc(Cl)nc12. The largest absolute Gasteiger partial charge is 0.368 e. The number of hydrogen-bond acceptors (Lipinski definition) is 4. The minimum Gasteiger partial charge on any atom is -0.368 e. The summed E-state index contributed by atoms with van der Waals surface area (Å²) in [5.74, 6) is 0.952. The van der Waals surface area contributed by atoms with Gasteiger partial charge >= 0.3 is 0 Å². The van der Waals surface area contributed by atoms with Crippen LogP contribution in [-0.4, -0.2) is 31.7 Å². The molecule has 0 spiro atoms.